The van der Waals surface area contributed by atoms with Crippen molar-refractivity contribution >= 4 is 11.9 Å². The molecule has 0 aromatic heterocycles. The second-order valence-corrected chi connectivity index (χ2v) is 18.6. The van der Waals surface area contributed by atoms with Crippen LogP contribution in [0, 0.1) is 0 Å². The van der Waals surface area contributed by atoms with Crippen molar-refractivity contribution < 1.29 is 24.5 Å². The van der Waals surface area contributed by atoms with Gasteiger partial charge in [0.25, 0.3) is 0 Å². The number of nitrogens with one attached hydrogen (secondary N) is 1. The lowest BCUT2D eigenvalue weighted by atomic mass is 10.0. The lowest BCUT2D eigenvalue weighted by Gasteiger charge is -2.20. The summed E-state index contributed by atoms with van der Waals surface area (Å²) in [5.41, 5.74) is 0. The largest absolute Gasteiger partial charge is 0.466 e. The first kappa shape index (κ1) is 59.3. The van der Waals surface area contributed by atoms with Gasteiger partial charge in [-0.1, -0.05) is 244 Å². The molecule has 2 unspecified atom stereocenters. The van der Waals surface area contributed by atoms with Gasteiger partial charge in [-0.3, -0.25) is 9.59 Å². The van der Waals surface area contributed by atoms with Crippen molar-refractivity contribution in [2.45, 2.75) is 302 Å². The molecule has 1 amide bonds. The van der Waals surface area contributed by atoms with Crippen molar-refractivity contribution in [1.82, 2.24) is 5.32 Å². The number of hydrogen-bond donors (Lipinski definition) is 3. The van der Waals surface area contributed by atoms with E-state index in [1.165, 1.54) is 218 Å². The van der Waals surface area contributed by atoms with E-state index in [1.54, 1.807) is 6.08 Å². The number of esters is 1. The highest BCUT2D eigenvalue weighted by Gasteiger charge is 2.18. The van der Waals surface area contributed by atoms with E-state index in [9.17, 15) is 19.8 Å². The summed E-state index contributed by atoms with van der Waals surface area (Å²) in [6, 6.07) is -0.631. The molecule has 61 heavy (non-hydrogen) atoms. The number of allylic oxidation sites excluding steroid dienone is 3. The zero-order valence-corrected chi connectivity index (χ0v) is 40.9. The molecule has 0 aliphatic carbocycles. The summed E-state index contributed by atoms with van der Waals surface area (Å²) in [7, 11) is 0. The molecule has 6 nitrogen and oxygen atoms in total. The average molecular weight is 860 g/mol. The number of amides is 1. The van der Waals surface area contributed by atoms with E-state index >= 15 is 0 Å². The molecule has 2 atom stereocenters. The Morgan fingerprint density at radius 2 is 0.770 bits per heavy atom. The van der Waals surface area contributed by atoms with Gasteiger partial charge in [-0.2, -0.15) is 0 Å². The summed E-state index contributed by atoms with van der Waals surface area (Å²) in [6.07, 6.45) is 60.4. The first-order chi connectivity index (χ1) is 30.0. The molecule has 0 spiro atoms. The molecule has 360 valence electrons. The maximum Gasteiger partial charge on any atom is 0.305 e. The number of aliphatic hydroxyl groups is 2. The Morgan fingerprint density at radius 3 is 1.16 bits per heavy atom. The van der Waals surface area contributed by atoms with Crippen molar-refractivity contribution in [2.75, 3.05) is 13.2 Å². The zero-order chi connectivity index (χ0) is 44.4. The summed E-state index contributed by atoms with van der Waals surface area (Å²) in [6.45, 7) is 4.87. The number of ether oxygens (including phenoxy) is 1. The number of unbranched alkanes of at least 4 members (excludes halogenated alkanes) is 37. The van der Waals surface area contributed by atoms with E-state index in [2.05, 4.69) is 31.3 Å². The standard InChI is InChI=1S/C55H105NO5/c1-3-5-7-9-11-13-15-16-17-18-22-25-29-33-37-41-45-49-55(60)61-50-46-42-38-34-30-26-23-20-19-21-24-28-32-36-40-44-48-54(59)56-52(51-57)53(58)47-43-39-35-31-27-14-12-10-8-6-4-2/h16-17,43,47,52-53,57-58H,3-15,18-42,44-46,48-51H2,1-2H3,(H,56,59)/b17-16-,47-43+. The Balaban J connectivity index is 3.42. The van der Waals surface area contributed by atoms with Crippen LogP contribution in [0.5, 0.6) is 0 Å². The van der Waals surface area contributed by atoms with E-state index in [0.717, 1.165) is 44.9 Å². The van der Waals surface area contributed by atoms with Crippen molar-refractivity contribution in [3.63, 3.8) is 0 Å². The molecule has 0 aliphatic rings. The first-order valence-corrected chi connectivity index (χ1v) is 27.1. The fourth-order valence-corrected chi connectivity index (χ4v) is 8.27. The van der Waals surface area contributed by atoms with Crippen LogP contribution in [0.25, 0.3) is 0 Å². The summed E-state index contributed by atoms with van der Waals surface area (Å²) in [4.78, 5) is 24.5. The van der Waals surface area contributed by atoms with Gasteiger partial charge < -0.3 is 20.3 Å². The number of aliphatic hydroxyl groups excluding tert-OH is 2. The molecule has 0 rings (SSSR count). The summed E-state index contributed by atoms with van der Waals surface area (Å²) < 4.78 is 5.48. The highest BCUT2D eigenvalue weighted by molar-refractivity contribution is 5.76. The molecule has 0 fully saturated rings. The van der Waals surface area contributed by atoms with Crippen LogP contribution in [0.4, 0.5) is 0 Å². The van der Waals surface area contributed by atoms with Gasteiger partial charge >= 0.3 is 5.97 Å². The fraction of sp³-hybridized carbons (Fsp3) is 0.891. The van der Waals surface area contributed by atoms with E-state index in [1.807, 2.05) is 6.08 Å². The van der Waals surface area contributed by atoms with E-state index in [4.69, 9.17) is 4.74 Å². The van der Waals surface area contributed by atoms with Crippen LogP contribution in [-0.4, -0.2) is 47.4 Å². The zero-order valence-electron chi connectivity index (χ0n) is 40.9. The van der Waals surface area contributed by atoms with Crippen LogP contribution in [0.15, 0.2) is 24.3 Å². The van der Waals surface area contributed by atoms with Gasteiger partial charge in [0.1, 0.15) is 0 Å². The third kappa shape index (κ3) is 47.7. The molecular weight excluding hydrogens is 755 g/mol. The van der Waals surface area contributed by atoms with Gasteiger partial charge in [0, 0.05) is 12.8 Å². The normalized spacial score (nSPS) is 12.8. The maximum atomic E-state index is 12.4. The van der Waals surface area contributed by atoms with Crippen LogP contribution in [0.2, 0.25) is 0 Å². The molecule has 0 heterocycles. The van der Waals surface area contributed by atoms with Crippen molar-refractivity contribution in [3.05, 3.63) is 24.3 Å². The Labute approximate surface area is 380 Å². The molecule has 0 aliphatic heterocycles. The van der Waals surface area contributed by atoms with Crippen molar-refractivity contribution in [2.24, 2.45) is 0 Å². The van der Waals surface area contributed by atoms with Gasteiger partial charge in [-0.05, 0) is 57.8 Å². The van der Waals surface area contributed by atoms with Crippen molar-refractivity contribution in [3.8, 4) is 0 Å². The Kier molecular flexibility index (Phi) is 49.6. The lowest BCUT2D eigenvalue weighted by molar-refractivity contribution is -0.143. The fourth-order valence-electron chi connectivity index (χ4n) is 8.27. The monoisotopic (exact) mass is 860 g/mol. The van der Waals surface area contributed by atoms with Crippen LogP contribution in [0.3, 0.4) is 0 Å². The van der Waals surface area contributed by atoms with E-state index in [-0.39, 0.29) is 18.5 Å². The predicted molar refractivity (Wildman–Crippen MR) is 264 cm³/mol. The molecule has 0 bridgehead atoms. The maximum absolute atomic E-state index is 12.4. The van der Waals surface area contributed by atoms with Crippen LogP contribution < -0.4 is 5.32 Å². The summed E-state index contributed by atoms with van der Waals surface area (Å²) in [5, 5.41) is 23.0. The number of carbonyl (C=O) groups is 2. The second kappa shape index (κ2) is 51.0. The highest BCUT2D eigenvalue weighted by Crippen LogP contribution is 2.16. The number of hydrogen-bond acceptors (Lipinski definition) is 5. The van der Waals surface area contributed by atoms with Crippen LogP contribution in [0.1, 0.15) is 290 Å². The summed E-state index contributed by atoms with van der Waals surface area (Å²) in [5.74, 6) is -0.0774. The smallest absolute Gasteiger partial charge is 0.305 e. The predicted octanol–water partition coefficient (Wildman–Crippen LogP) is 16.3. The van der Waals surface area contributed by atoms with Gasteiger partial charge in [0.15, 0.2) is 0 Å². The second-order valence-electron chi connectivity index (χ2n) is 18.6. The molecule has 0 radical (unpaired) electrons. The van der Waals surface area contributed by atoms with Gasteiger partial charge in [0.05, 0.1) is 25.4 Å². The minimum absolute atomic E-state index is 0.00146. The van der Waals surface area contributed by atoms with Gasteiger partial charge in [-0.25, -0.2) is 0 Å². The van der Waals surface area contributed by atoms with Crippen molar-refractivity contribution in [1.29, 1.82) is 0 Å². The Morgan fingerprint density at radius 1 is 0.443 bits per heavy atom. The molecule has 0 aromatic rings. The average Bonchev–Trinajstić information content (AvgIpc) is 3.26. The lowest BCUT2D eigenvalue weighted by Crippen LogP contribution is -2.45. The first-order valence-electron chi connectivity index (χ1n) is 27.1. The number of carbonyl (C=O) groups excluding carboxylic acids is 2. The van der Waals surface area contributed by atoms with Gasteiger partial charge in [-0.15, -0.1) is 0 Å². The summed E-state index contributed by atoms with van der Waals surface area (Å²) >= 11 is 0. The molecule has 3 N–H and O–H groups in total. The third-order valence-corrected chi connectivity index (χ3v) is 12.5. The van der Waals surface area contributed by atoms with Gasteiger partial charge in [0.2, 0.25) is 5.91 Å². The van der Waals surface area contributed by atoms with Crippen LogP contribution in [-0.2, 0) is 14.3 Å². The molecule has 6 heteroatoms. The molecule has 0 saturated heterocycles. The SMILES string of the molecule is CCCCCCCC/C=C\CCCCCCCCCC(=O)OCCCCCCCCCCCCCCCCCCC(=O)NC(CO)C(O)/C=C/CCCCCCCCCCC. The third-order valence-electron chi connectivity index (χ3n) is 12.5. The minimum Gasteiger partial charge on any atom is -0.466 e. The quantitative estimate of drug-likeness (QED) is 0.0322. The highest BCUT2D eigenvalue weighted by atomic mass is 16.5. The molecular formula is C55H105NO5. The molecule has 0 aromatic carbocycles. The molecule has 0 saturated carbocycles. The van der Waals surface area contributed by atoms with Crippen LogP contribution >= 0.6 is 0 Å². The topological polar surface area (TPSA) is 95.9 Å². The van der Waals surface area contributed by atoms with E-state index < -0.39 is 12.1 Å². The Bertz CT molecular complexity index is 951. The minimum atomic E-state index is -0.847. The number of rotatable bonds is 50. The van der Waals surface area contributed by atoms with E-state index in [0.29, 0.717) is 19.4 Å². The Hall–Kier alpha value is -1.66.